The summed E-state index contributed by atoms with van der Waals surface area (Å²) in [5.41, 5.74) is 3.41. The minimum Gasteiger partial charge on any atom is -0.451 e. The fourth-order valence-electron chi connectivity index (χ4n) is 3.81. The number of hydrogen-bond acceptors (Lipinski definition) is 4. The van der Waals surface area contributed by atoms with Crippen LogP contribution in [0.5, 0.6) is 0 Å². The van der Waals surface area contributed by atoms with Crippen molar-refractivity contribution in [3.63, 3.8) is 0 Å². The molecule has 1 saturated carbocycles. The molecule has 2 fully saturated rings. The molecule has 0 bridgehead atoms. The van der Waals surface area contributed by atoms with Crippen LogP contribution < -0.4 is 5.43 Å². The van der Waals surface area contributed by atoms with E-state index in [4.69, 9.17) is 4.74 Å². The monoisotopic (exact) mass is 292 g/mol. The second-order valence-electron chi connectivity index (χ2n) is 6.43. The molecule has 116 valence electrons. The average molecular weight is 292 g/mol. The van der Waals surface area contributed by atoms with E-state index in [9.17, 15) is 9.59 Å². The van der Waals surface area contributed by atoms with Gasteiger partial charge >= 0.3 is 5.97 Å². The van der Waals surface area contributed by atoms with E-state index >= 15 is 0 Å². The predicted molar refractivity (Wildman–Crippen MR) is 78.2 cm³/mol. The normalized spacial score (nSPS) is 26.0. The number of hydrogen-bond donors (Lipinski definition) is 1. The molecule has 21 heavy (non-hydrogen) atoms. The minimum atomic E-state index is -0.653. The van der Waals surface area contributed by atoms with E-state index in [-0.39, 0.29) is 11.9 Å². The van der Waals surface area contributed by atoms with Crippen LogP contribution in [0.1, 0.15) is 58.3 Å². The molecule has 1 N–H and O–H groups in total. The number of nitrogens with one attached hydrogen (secondary N) is 1. The lowest BCUT2D eigenvalue weighted by Gasteiger charge is -2.35. The van der Waals surface area contributed by atoms with Gasteiger partial charge in [0.1, 0.15) is 5.60 Å². The van der Waals surface area contributed by atoms with Gasteiger partial charge in [0.2, 0.25) is 0 Å². The molecule has 5 heteroatoms. The van der Waals surface area contributed by atoms with Crippen molar-refractivity contribution in [1.29, 1.82) is 0 Å². The van der Waals surface area contributed by atoms with E-state index in [1.54, 1.807) is 6.92 Å². The fraction of sp³-hybridized carbons (Fsp3) is 0.750. The third-order valence-electron chi connectivity index (χ3n) is 4.93. The van der Waals surface area contributed by atoms with Crippen LogP contribution >= 0.6 is 0 Å². The number of carbonyl (C=O) groups is 2. The second kappa shape index (κ2) is 5.79. The Hall–Kier alpha value is -1.36. The van der Waals surface area contributed by atoms with Gasteiger partial charge in [0, 0.05) is 18.7 Å². The first-order chi connectivity index (χ1) is 10.1. The van der Waals surface area contributed by atoms with Crippen LogP contribution in [-0.2, 0) is 14.3 Å². The Kier molecular flexibility index (Phi) is 4.02. The molecule has 0 aromatic rings. The number of nitrogens with zero attached hydrogens (tertiary/aromatic N) is 1. The average Bonchev–Trinajstić information content (AvgIpc) is 2.71. The predicted octanol–water partition coefficient (Wildman–Crippen LogP) is 2.08. The summed E-state index contributed by atoms with van der Waals surface area (Å²) >= 11 is 0. The minimum absolute atomic E-state index is 0.137. The lowest BCUT2D eigenvalue weighted by atomic mass is 9.78. The summed E-state index contributed by atoms with van der Waals surface area (Å²) in [6.45, 7) is 3.50. The number of ether oxygens (including phenoxy) is 1. The Morgan fingerprint density at radius 3 is 2.38 bits per heavy atom. The Morgan fingerprint density at radius 1 is 1.10 bits per heavy atom. The lowest BCUT2D eigenvalue weighted by Crippen LogP contribution is -2.49. The van der Waals surface area contributed by atoms with E-state index in [0.29, 0.717) is 11.1 Å². The van der Waals surface area contributed by atoms with Gasteiger partial charge in [-0.15, -0.1) is 0 Å². The molecule has 3 rings (SSSR count). The van der Waals surface area contributed by atoms with E-state index in [0.717, 1.165) is 58.0 Å². The van der Waals surface area contributed by atoms with Crippen molar-refractivity contribution in [3.05, 3.63) is 11.1 Å². The number of carbonyl (C=O) groups excluding carboxylic acids is 2. The van der Waals surface area contributed by atoms with Crippen LogP contribution in [0.25, 0.3) is 0 Å². The van der Waals surface area contributed by atoms with Crippen molar-refractivity contribution < 1.29 is 14.3 Å². The van der Waals surface area contributed by atoms with Gasteiger partial charge in [0.25, 0.3) is 5.91 Å². The Balaban J connectivity index is 1.79. The van der Waals surface area contributed by atoms with Gasteiger partial charge in [-0.1, -0.05) is 12.8 Å². The summed E-state index contributed by atoms with van der Waals surface area (Å²) in [5, 5.41) is 1.98. The van der Waals surface area contributed by atoms with Crippen LogP contribution in [-0.4, -0.2) is 35.6 Å². The molecule has 1 saturated heterocycles. The maximum absolute atomic E-state index is 12.7. The van der Waals surface area contributed by atoms with Crippen LogP contribution in [0.15, 0.2) is 11.1 Å². The first kappa shape index (κ1) is 14.6. The van der Waals surface area contributed by atoms with Gasteiger partial charge in [-0.3, -0.25) is 10.2 Å². The zero-order valence-electron chi connectivity index (χ0n) is 12.7. The number of esters is 1. The van der Waals surface area contributed by atoms with Crippen molar-refractivity contribution in [2.45, 2.75) is 63.9 Å². The summed E-state index contributed by atoms with van der Waals surface area (Å²) in [6.07, 6.45) is 8.18. The summed E-state index contributed by atoms with van der Waals surface area (Å²) in [4.78, 5) is 24.7. The highest BCUT2D eigenvalue weighted by Gasteiger charge is 2.49. The highest BCUT2D eigenvalue weighted by atomic mass is 16.6. The molecule has 0 aromatic carbocycles. The van der Waals surface area contributed by atoms with Crippen molar-refractivity contribution >= 4 is 11.9 Å². The standard InChI is InChI=1S/C16H24N2O3/c1-12-13(14(19)17-18-10-6-3-7-11-18)16(21-15(12)20)8-4-2-5-9-16/h2-11H2,1H3,(H,17,19). The maximum Gasteiger partial charge on any atom is 0.335 e. The molecule has 2 heterocycles. The summed E-state index contributed by atoms with van der Waals surface area (Å²) in [7, 11) is 0. The third kappa shape index (κ3) is 2.71. The number of hydrazine groups is 1. The zero-order valence-corrected chi connectivity index (χ0v) is 12.7. The van der Waals surface area contributed by atoms with Gasteiger partial charge < -0.3 is 4.74 Å². The summed E-state index contributed by atoms with van der Waals surface area (Å²) < 4.78 is 5.63. The zero-order chi connectivity index (χ0) is 14.9. The molecular weight excluding hydrogens is 268 g/mol. The van der Waals surface area contributed by atoms with E-state index in [2.05, 4.69) is 5.43 Å². The first-order valence-electron chi connectivity index (χ1n) is 8.13. The van der Waals surface area contributed by atoms with Gasteiger partial charge in [-0.2, -0.15) is 0 Å². The lowest BCUT2D eigenvalue weighted by molar-refractivity contribution is -0.149. The smallest absolute Gasteiger partial charge is 0.335 e. The number of amides is 1. The molecule has 0 atom stereocenters. The number of rotatable bonds is 2. The van der Waals surface area contributed by atoms with E-state index in [1.807, 2.05) is 5.01 Å². The van der Waals surface area contributed by atoms with Crippen LogP contribution in [0.3, 0.4) is 0 Å². The Morgan fingerprint density at radius 2 is 1.71 bits per heavy atom. The molecule has 2 aliphatic heterocycles. The van der Waals surface area contributed by atoms with Crippen LogP contribution in [0.2, 0.25) is 0 Å². The van der Waals surface area contributed by atoms with E-state index < -0.39 is 5.60 Å². The van der Waals surface area contributed by atoms with Gasteiger partial charge in [0.15, 0.2) is 0 Å². The summed E-state index contributed by atoms with van der Waals surface area (Å²) in [6, 6.07) is 0. The van der Waals surface area contributed by atoms with Crippen molar-refractivity contribution in [2.24, 2.45) is 0 Å². The molecule has 1 spiro atoms. The third-order valence-corrected chi connectivity index (χ3v) is 4.93. The largest absolute Gasteiger partial charge is 0.451 e. The molecule has 0 radical (unpaired) electrons. The van der Waals surface area contributed by atoms with Crippen molar-refractivity contribution in [3.8, 4) is 0 Å². The SMILES string of the molecule is CC1=C(C(=O)NN2CCCCC2)C2(CCCCC2)OC1=O. The van der Waals surface area contributed by atoms with E-state index in [1.165, 1.54) is 6.42 Å². The van der Waals surface area contributed by atoms with Gasteiger partial charge in [-0.25, -0.2) is 9.80 Å². The van der Waals surface area contributed by atoms with Crippen LogP contribution in [0, 0.1) is 0 Å². The van der Waals surface area contributed by atoms with Gasteiger partial charge in [-0.05, 0) is 45.4 Å². The molecule has 0 aromatic heterocycles. The van der Waals surface area contributed by atoms with Crippen molar-refractivity contribution in [1.82, 2.24) is 10.4 Å². The first-order valence-corrected chi connectivity index (χ1v) is 8.13. The fourth-order valence-corrected chi connectivity index (χ4v) is 3.81. The molecule has 1 amide bonds. The topological polar surface area (TPSA) is 58.6 Å². The quantitative estimate of drug-likeness (QED) is 0.792. The number of piperidine rings is 1. The highest BCUT2D eigenvalue weighted by Crippen LogP contribution is 2.43. The molecule has 3 aliphatic rings. The maximum atomic E-state index is 12.7. The van der Waals surface area contributed by atoms with Gasteiger partial charge in [0.05, 0.1) is 5.57 Å². The highest BCUT2D eigenvalue weighted by molar-refractivity contribution is 6.07. The Bertz CT molecular complexity index is 472. The second-order valence-corrected chi connectivity index (χ2v) is 6.43. The molecule has 5 nitrogen and oxygen atoms in total. The molecule has 0 unspecified atom stereocenters. The Labute approximate surface area is 125 Å². The molecular formula is C16H24N2O3. The summed E-state index contributed by atoms with van der Waals surface area (Å²) in [5.74, 6) is -0.456. The van der Waals surface area contributed by atoms with Crippen molar-refractivity contribution in [2.75, 3.05) is 13.1 Å². The molecule has 1 aliphatic carbocycles. The van der Waals surface area contributed by atoms with Crippen LogP contribution in [0.4, 0.5) is 0 Å².